The number of nitrogens with one attached hydrogen (secondary N) is 1. The van der Waals surface area contributed by atoms with Gasteiger partial charge in [-0.3, -0.25) is 4.79 Å². The molecule has 0 aromatic carbocycles. The van der Waals surface area contributed by atoms with E-state index >= 15 is 0 Å². The molecule has 7 heteroatoms. The molecule has 0 unspecified atom stereocenters. The minimum absolute atomic E-state index is 0.318. The molecule has 1 N–H and O–H groups in total. The molecule has 1 aliphatic rings. The maximum Gasteiger partial charge on any atom is 0.293 e. The van der Waals surface area contributed by atoms with Gasteiger partial charge in [0.2, 0.25) is 0 Å². The molecule has 0 spiro atoms. The van der Waals surface area contributed by atoms with Crippen LogP contribution >= 0.6 is 22.6 Å². The SMILES string of the molecule is CC(C)(C)OC=O.Ic1cncnc1N1CCNCC1. The summed E-state index contributed by atoms with van der Waals surface area (Å²) in [6.07, 6.45) is 3.46. The van der Waals surface area contributed by atoms with Crippen molar-refractivity contribution in [3.63, 3.8) is 0 Å². The molecule has 1 saturated heterocycles. The molecule has 0 atom stereocenters. The quantitative estimate of drug-likeness (QED) is 0.607. The van der Waals surface area contributed by atoms with Crippen molar-refractivity contribution in [2.45, 2.75) is 26.4 Å². The standard InChI is InChI=1S/C8H11IN4.C5H10O2/c9-7-5-11-6-12-8(7)13-3-1-10-2-4-13;1-5(2,3)7-4-6/h5-6,10H,1-4H2;4H,1-3H3. The van der Waals surface area contributed by atoms with Crippen LogP contribution in [0.15, 0.2) is 12.5 Å². The second-order valence-corrected chi connectivity index (χ2v) is 6.42. The van der Waals surface area contributed by atoms with Crippen molar-refractivity contribution in [3.05, 3.63) is 16.1 Å². The molecule has 1 fully saturated rings. The third-order valence-corrected chi connectivity index (χ3v) is 3.23. The highest BCUT2D eigenvalue weighted by Crippen LogP contribution is 2.17. The zero-order valence-corrected chi connectivity index (χ0v) is 14.3. The van der Waals surface area contributed by atoms with Crippen molar-refractivity contribution >= 4 is 34.9 Å². The van der Waals surface area contributed by atoms with Crippen LogP contribution in [-0.4, -0.2) is 48.2 Å². The lowest BCUT2D eigenvalue weighted by Gasteiger charge is -2.28. The van der Waals surface area contributed by atoms with Crippen molar-refractivity contribution in [3.8, 4) is 0 Å². The number of anilines is 1. The van der Waals surface area contributed by atoms with Crippen molar-refractivity contribution in [1.82, 2.24) is 15.3 Å². The summed E-state index contributed by atoms with van der Waals surface area (Å²) in [5, 5.41) is 3.32. The molecule has 0 radical (unpaired) electrons. The lowest BCUT2D eigenvalue weighted by Crippen LogP contribution is -2.44. The minimum Gasteiger partial charge on any atom is -0.462 e. The molecule has 0 amide bonds. The first-order valence-electron chi connectivity index (χ1n) is 6.46. The van der Waals surface area contributed by atoms with Crippen molar-refractivity contribution in [2.75, 3.05) is 31.1 Å². The summed E-state index contributed by atoms with van der Waals surface area (Å²) >= 11 is 2.28. The number of hydrogen-bond donors (Lipinski definition) is 1. The number of hydrogen-bond acceptors (Lipinski definition) is 6. The summed E-state index contributed by atoms with van der Waals surface area (Å²) in [5.74, 6) is 1.07. The molecule has 0 bridgehead atoms. The molecule has 6 nitrogen and oxygen atoms in total. The average Bonchev–Trinajstić information content (AvgIpc) is 2.40. The maximum atomic E-state index is 9.60. The zero-order chi connectivity index (χ0) is 15.0. The molecule has 0 saturated carbocycles. The normalized spacial score (nSPS) is 15.1. The van der Waals surface area contributed by atoms with Gasteiger partial charge in [0.05, 0.1) is 3.57 Å². The Hall–Kier alpha value is -0.960. The van der Waals surface area contributed by atoms with E-state index in [0.717, 1.165) is 35.6 Å². The Kier molecular flexibility index (Phi) is 7.14. The first-order chi connectivity index (χ1) is 9.44. The second kappa shape index (κ2) is 8.35. The molecule has 2 heterocycles. The van der Waals surface area contributed by atoms with E-state index < -0.39 is 0 Å². The summed E-state index contributed by atoms with van der Waals surface area (Å²) in [5.41, 5.74) is -0.318. The molecule has 0 aliphatic carbocycles. The van der Waals surface area contributed by atoms with E-state index in [9.17, 15) is 4.79 Å². The zero-order valence-electron chi connectivity index (χ0n) is 12.1. The molecule has 1 aromatic heterocycles. The predicted octanol–water partition coefficient (Wildman–Crippen LogP) is 1.45. The van der Waals surface area contributed by atoms with Crippen LogP contribution in [0.2, 0.25) is 0 Å². The van der Waals surface area contributed by atoms with E-state index in [2.05, 4.69) is 47.5 Å². The third-order valence-electron chi connectivity index (χ3n) is 2.47. The Balaban J connectivity index is 0.000000246. The molecule has 1 aliphatic heterocycles. The van der Waals surface area contributed by atoms with Crippen LogP contribution in [0.1, 0.15) is 20.8 Å². The lowest BCUT2D eigenvalue weighted by atomic mass is 10.2. The van der Waals surface area contributed by atoms with Gasteiger partial charge in [-0.2, -0.15) is 0 Å². The van der Waals surface area contributed by atoms with Gasteiger partial charge in [-0.05, 0) is 43.4 Å². The van der Waals surface area contributed by atoms with E-state index in [-0.39, 0.29) is 5.60 Å². The fourth-order valence-corrected chi connectivity index (χ4v) is 2.20. The smallest absolute Gasteiger partial charge is 0.293 e. The number of carbonyl (C=O) groups is 1. The Morgan fingerprint density at radius 1 is 1.40 bits per heavy atom. The van der Waals surface area contributed by atoms with Crippen LogP contribution in [0.5, 0.6) is 0 Å². The predicted molar refractivity (Wildman–Crippen MR) is 86.7 cm³/mol. The van der Waals surface area contributed by atoms with Gasteiger partial charge in [0.15, 0.2) is 0 Å². The largest absolute Gasteiger partial charge is 0.462 e. The molecule has 20 heavy (non-hydrogen) atoms. The number of halogens is 1. The minimum atomic E-state index is -0.318. The van der Waals surface area contributed by atoms with Gasteiger partial charge in [-0.1, -0.05) is 0 Å². The highest BCUT2D eigenvalue weighted by Gasteiger charge is 2.13. The van der Waals surface area contributed by atoms with Gasteiger partial charge >= 0.3 is 0 Å². The molecule has 112 valence electrons. The summed E-state index contributed by atoms with van der Waals surface area (Å²) in [4.78, 5) is 20.2. The number of rotatable bonds is 2. The van der Waals surface area contributed by atoms with E-state index in [1.54, 1.807) is 6.33 Å². The van der Waals surface area contributed by atoms with Crippen LogP contribution in [0.3, 0.4) is 0 Å². The monoisotopic (exact) mass is 392 g/mol. The highest BCUT2D eigenvalue weighted by atomic mass is 127. The fraction of sp³-hybridized carbons (Fsp3) is 0.615. The van der Waals surface area contributed by atoms with Crippen molar-refractivity contribution in [2.24, 2.45) is 0 Å². The maximum absolute atomic E-state index is 9.60. The summed E-state index contributed by atoms with van der Waals surface area (Å²) in [6, 6.07) is 0. The van der Waals surface area contributed by atoms with E-state index in [1.807, 2.05) is 27.0 Å². The van der Waals surface area contributed by atoms with Crippen LogP contribution in [-0.2, 0) is 9.53 Å². The number of carbonyl (C=O) groups excluding carboxylic acids is 1. The number of aromatic nitrogens is 2. The van der Waals surface area contributed by atoms with Crippen LogP contribution in [0, 0.1) is 3.57 Å². The van der Waals surface area contributed by atoms with Crippen LogP contribution in [0.4, 0.5) is 5.82 Å². The van der Waals surface area contributed by atoms with E-state index in [1.165, 1.54) is 0 Å². The lowest BCUT2D eigenvalue weighted by molar-refractivity contribution is -0.138. The van der Waals surface area contributed by atoms with Gasteiger partial charge in [0.25, 0.3) is 6.47 Å². The van der Waals surface area contributed by atoms with Gasteiger partial charge in [0, 0.05) is 32.4 Å². The molecular weight excluding hydrogens is 371 g/mol. The van der Waals surface area contributed by atoms with E-state index in [0.29, 0.717) is 6.47 Å². The molecular formula is C13H21IN4O2. The Morgan fingerprint density at radius 2 is 2.05 bits per heavy atom. The fourth-order valence-electron chi connectivity index (χ4n) is 1.56. The first kappa shape index (κ1) is 17.1. The van der Waals surface area contributed by atoms with Crippen molar-refractivity contribution in [1.29, 1.82) is 0 Å². The Morgan fingerprint density at radius 3 is 2.50 bits per heavy atom. The first-order valence-corrected chi connectivity index (χ1v) is 7.54. The Bertz CT molecular complexity index is 417. The number of nitrogens with zero attached hydrogens (tertiary/aromatic N) is 3. The summed E-state index contributed by atoms with van der Waals surface area (Å²) in [7, 11) is 0. The second-order valence-electron chi connectivity index (χ2n) is 5.26. The van der Waals surface area contributed by atoms with Crippen LogP contribution < -0.4 is 10.2 Å². The Labute approximate surface area is 133 Å². The third kappa shape index (κ3) is 6.47. The summed E-state index contributed by atoms with van der Waals surface area (Å²) < 4.78 is 5.68. The molecule has 2 rings (SSSR count). The van der Waals surface area contributed by atoms with E-state index in [4.69, 9.17) is 0 Å². The highest BCUT2D eigenvalue weighted by molar-refractivity contribution is 14.1. The summed E-state index contributed by atoms with van der Waals surface area (Å²) in [6.45, 7) is 10.1. The van der Waals surface area contributed by atoms with Gasteiger partial charge in [0.1, 0.15) is 17.7 Å². The topological polar surface area (TPSA) is 67.3 Å². The van der Waals surface area contributed by atoms with Crippen molar-refractivity contribution < 1.29 is 9.53 Å². The van der Waals surface area contributed by atoms with Gasteiger partial charge in [-0.25, -0.2) is 9.97 Å². The number of piperazine rings is 1. The van der Waals surface area contributed by atoms with Gasteiger partial charge < -0.3 is 15.0 Å². The average molecular weight is 392 g/mol. The van der Waals surface area contributed by atoms with Gasteiger partial charge in [-0.15, -0.1) is 0 Å². The molecule has 1 aromatic rings. The van der Waals surface area contributed by atoms with Crippen LogP contribution in [0.25, 0.3) is 0 Å². The number of ether oxygens (including phenoxy) is 1.